The fourth-order valence-corrected chi connectivity index (χ4v) is 1.91. The molecule has 0 aliphatic rings. The van der Waals surface area contributed by atoms with Crippen LogP contribution in [0.4, 0.5) is 0 Å². The van der Waals surface area contributed by atoms with Gasteiger partial charge in [0.2, 0.25) is 0 Å². The standard InChI is InChI=1S/C16H26N4OS/c1-16(2,22-5)11-20-15(18-4)19-10-12-6-8-13(9-7-12)14(21)17-3/h6-9H,10-11H2,1-5H3,(H,17,21)(H2,18,19,20). The van der Waals surface area contributed by atoms with Gasteiger partial charge in [0.05, 0.1) is 0 Å². The minimum atomic E-state index is -0.0729. The van der Waals surface area contributed by atoms with E-state index in [4.69, 9.17) is 0 Å². The maximum Gasteiger partial charge on any atom is 0.251 e. The zero-order chi connectivity index (χ0) is 16.6. The third kappa shape index (κ3) is 5.97. The Morgan fingerprint density at radius 3 is 2.36 bits per heavy atom. The van der Waals surface area contributed by atoms with Gasteiger partial charge in [-0.15, -0.1) is 0 Å². The van der Waals surface area contributed by atoms with Crippen LogP contribution in [0.25, 0.3) is 0 Å². The summed E-state index contributed by atoms with van der Waals surface area (Å²) in [6, 6.07) is 7.53. The largest absolute Gasteiger partial charge is 0.355 e. The van der Waals surface area contributed by atoms with Gasteiger partial charge in [0.1, 0.15) is 0 Å². The highest BCUT2D eigenvalue weighted by Gasteiger charge is 2.16. The van der Waals surface area contributed by atoms with E-state index in [1.165, 1.54) is 0 Å². The van der Waals surface area contributed by atoms with Crippen molar-refractivity contribution < 1.29 is 4.79 Å². The molecule has 0 saturated heterocycles. The van der Waals surface area contributed by atoms with Gasteiger partial charge in [0.25, 0.3) is 5.91 Å². The SMILES string of the molecule is CN=C(NCc1ccc(C(=O)NC)cc1)NCC(C)(C)SC. The monoisotopic (exact) mass is 322 g/mol. The van der Waals surface area contributed by atoms with Crippen LogP contribution >= 0.6 is 11.8 Å². The molecular formula is C16H26N4OS. The molecule has 5 nitrogen and oxygen atoms in total. The van der Waals surface area contributed by atoms with Gasteiger partial charge in [-0.25, -0.2) is 0 Å². The number of hydrogen-bond donors (Lipinski definition) is 3. The lowest BCUT2D eigenvalue weighted by Gasteiger charge is -2.23. The van der Waals surface area contributed by atoms with Crippen LogP contribution < -0.4 is 16.0 Å². The van der Waals surface area contributed by atoms with Crippen molar-refractivity contribution in [1.82, 2.24) is 16.0 Å². The lowest BCUT2D eigenvalue weighted by molar-refractivity contribution is 0.0963. The number of rotatable bonds is 6. The summed E-state index contributed by atoms with van der Waals surface area (Å²) in [5.41, 5.74) is 1.76. The fourth-order valence-electron chi connectivity index (χ4n) is 1.69. The second-order valence-electron chi connectivity index (χ2n) is 5.52. The number of carbonyl (C=O) groups excluding carboxylic acids is 1. The second kappa shape index (κ2) is 8.68. The molecule has 0 radical (unpaired) electrons. The number of carbonyl (C=O) groups is 1. The summed E-state index contributed by atoms with van der Waals surface area (Å²) < 4.78 is 0.160. The number of benzene rings is 1. The molecule has 0 saturated carbocycles. The predicted molar refractivity (Wildman–Crippen MR) is 95.6 cm³/mol. The van der Waals surface area contributed by atoms with Gasteiger partial charge in [-0.05, 0) is 37.8 Å². The molecule has 0 heterocycles. The summed E-state index contributed by atoms with van der Waals surface area (Å²) in [6.45, 7) is 5.88. The first kappa shape index (κ1) is 18.4. The predicted octanol–water partition coefficient (Wildman–Crippen LogP) is 1.85. The number of hydrogen-bond acceptors (Lipinski definition) is 3. The molecule has 0 aliphatic carbocycles. The molecule has 1 aromatic rings. The molecular weight excluding hydrogens is 296 g/mol. The van der Waals surface area contributed by atoms with E-state index in [-0.39, 0.29) is 10.7 Å². The molecule has 0 atom stereocenters. The van der Waals surface area contributed by atoms with Gasteiger partial charge in [-0.2, -0.15) is 11.8 Å². The van der Waals surface area contributed by atoms with Gasteiger partial charge in [0, 0.05) is 37.5 Å². The fraction of sp³-hybridized carbons (Fsp3) is 0.500. The Morgan fingerprint density at radius 1 is 1.23 bits per heavy atom. The molecule has 3 N–H and O–H groups in total. The molecule has 6 heteroatoms. The Morgan fingerprint density at radius 2 is 1.86 bits per heavy atom. The van der Waals surface area contributed by atoms with E-state index >= 15 is 0 Å². The first-order valence-electron chi connectivity index (χ1n) is 7.22. The molecule has 0 aromatic heterocycles. The van der Waals surface area contributed by atoms with Crippen molar-refractivity contribution in [2.24, 2.45) is 4.99 Å². The van der Waals surface area contributed by atoms with E-state index in [0.717, 1.165) is 18.1 Å². The number of amides is 1. The van der Waals surface area contributed by atoms with Crippen molar-refractivity contribution >= 4 is 23.6 Å². The van der Waals surface area contributed by atoms with Crippen LogP contribution in [0.1, 0.15) is 29.8 Å². The second-order valence-corrected chi connectivity index (χ2v) is 7.03. The third-order valence-electron chi connectivity index (χ3n) is 3.36. The highest BCUT2D eigenvalue weighted by Crippen LogP contribution is 2.19. The Kier molecular flexibility index (Phi) is 7.24. The molecule has 1 amide bonds. The molecule has 0 aliphatic heterocycles. The maximum absolute atomic E-state index is 11.5. The van der Waals surface area contributed by atoms with E-state index in [1.807, 2.05) is 36.0 Å². The van der Waals surface area contributed by atoms with Crippen molar-refractivity contribution in [3.63, 3.8) is 0 Å². The van der Waals surface area contributed by atoms with Crippen LogP contribution in [-0.4, -0.2) is 43.5 Å². The Hall–Kier alpha value is -1.69. The summed E-state index contributed by atoms with van der Waals surface area (Å²) >= 11 is 1.82. The van der Waals surface area contributed by atoms with Crippen molar-refractivity contribution in [2.45, 2.75) is 25.1 Å². The smallest absolute Gasteiger partial charge is 0.251 e. The average Bonchev–Trinajstić information content (AvgIpc) is 2.54. The van der Waals surface area contributed by atoms with Crippen LogP contribution in [0, 0.1) is 0 Å². The van der Waals surface area contributed by atoms with E-state index in [9.17, 15) is 4.79 Å². The van der Waals surface area contributed by atoms with Crippen LogP contribution in [0.2, 0.25) is 0 Å². The molecule has 0 unspecified atom stereocenters. The summed E-state index contributed by atoms with van der Waals surface area (Å²) in [7, 11) is 3.39. The molecule has 0 spiro atoms. The number of nitrogens with one attached hydrogen (secondary N) is 3. The topological polar surface area (TPSA) is 65.5 Å². The van der Waals surface area contributed by atoms with E-state index < -0.39 is 0 Å². The van der Waals surface area contributed by atoms with Crippen molar-refractivity contribution in [3.8, 4) is 0 Å². The lowest BCUT2D eigenvalue weighted by Crippen LogP contribution is -2.42. The molecule has 22 heavy (non-hydrogen) atoms. The lowest BCUT2D eigenvalue weighted by atomic mass is 10.1. The number of nitrogens with zero attached hydrogens (tertiary/aromatic N) is 1. The van der Waals surface area contributed by atoms with Crippen molar-refractivity contribution in [1.29, 1.82) is 0 Å². The zero-order valence-corrected chi connectivity index (χ0v) is 14.8. The highest BCUT2D eigenvalue weighted by atomic mass is 32.2. The third-order valence-corrected chi connectivity index (χ3v) is 4.61. The summed E-state index contributed by atoms with van der Waals surface area (Å²) in [6.07, 6.45) is 2.10. The van der Waals surface area contributed by atoms with Gasteiger partial charge in [-0.3, -0.25) is 9.79 Å². The summed E-state index contributed by atoms with van der Waals surface area (Å²) in [5.74, 6) is 0.703. The quantitative estimate of drug-likeness (QED) is 0.552. The first-order valence-corrected chi connectivity index (χ1v) is 8.45. The number of aliphatic imine (C=N–C) groups is 1. The van der Waals surface area contributed by atoms with Crippen LogP contribution in [-0.2, 0) is 6.54 Å². The minimum Gasteiger partial charge on any atom is -0.355 e. The van der Waals surface area contributed by atoms with E-state index in [2.05, 4.69) is 41.0 Å². The zero-order valence-electron chi connectivity index (χ0n) is 14.0. The Bertz CT molecular complexity index is 511. The number of guanidine groups is 1. The molecule has 1 rings (SSSR count). The molecule has 0 fully saturated rings. The van der Waals surface area contributed by atoms with Gasteiger partial charge in [0.15, 0.2) is 5.96 Å². The highest BCUT2D eigenvalue weighted by molar-refractivity contribution is 7.99. The van der Waals surface area contributed by atoms with Crippen molar-refractivity contribution in [2.75, 3.05) is 26.9 Å². The van der Waals surface area contributed by atoms with Crippen LogP contribution in [0.3, 0.4) is 0 Å². The van der Waals surface area contributed by atoms with Gasteiger partial charge in [-0.1, -0.05) is 12.1 Å². The van der Waals surface area contributed by atoms with E-state index in [0.29, 0.717) is 12.1 Å². The molecule has 1 aromatic carbocycles. The Labute approximate surface area is 137 Å². The maximum atomic E-state index is 11.5. The normalized spacial score (nSPS) is 12.0. The van der Waals surface area contributed by atoms with Crippen LogP contribution in [0.15, 0.2) is 29.3 Å². The summed E-state index contributed by atoms with van der Waals surface area (Å²) in [4.78, 5) is 15.7. The van der Waals surface area contributed by atoms with Crippen molar-refractivity contribution in [3.05, 3.63) is 35.4 Å². The molecule has 122 valence electrons. The summed E-state index contributed by atoms with van der Waals surface area (Å²) in [5, 5.41) is 9.21. The average molecular weight is 322 g/mol. The van der Waals surface area contributed by atoms with Crippen LogP contribution in [0.5, 0.6) is 0 Å². The van der Waals surface area contributed by atoms with Gasteiger partial charge < -0.3 is 16.0 Å². The van der Waals surface area contributed by atoms with Gasteiger partial charge >= 0.3 is 0 Å². The Balaban J connectivity index is 2.51. The van der Waals surface area contributed by atoms with E-state index in [1.54, 1.807) is 14.1 Å². The first-order chi connectivity index (χ1) is 10.4. The molecule has 0 bridgehead atoms. The minimum absolute atomic E-state index is 0.0729. The number of thioether (sulfide) groups is 1.